The molecule has 15 heteroatoms. The van der Waals surface area contributed by atoms with Gasteiger partial charge in [0.25, 0.3) is 0 Å². The van der Waals surface area contributed by atoms with Gasteiger partial charge in [-0.25, -0.2) is 4.68 Å². The summed E-state index contributed by atoms with van der Waals surface area (Å²) in [6.45, 7) is 3.01. The molecular weight excluding hydrogens is 469 g/mol. The smallest absolute Gasteiger partial charge is 0.463 e. The molecule has 0 radical (unpaired) electrons. The van der Waals surface area contributed by atoms with E-state index >= 15 is 0 Å². The number of carbonyl (C=O) groups is 4. The maximum atomic E-state index is 12.7. The predicted molar refractivity (Wildman–Crippen MR) is 104 cm³/mol. The minimum Gasteiger partial charge on any atom is -0.463 e. The molecule has 1 N–H and O–H groups in total. The van der Waals surface area contributed by atoms with E-state index in [9.17, 15) is 32.3 Å². The van der Waals surface area contributed by atoms with E-state index < -0.39 is 54.5 Å². The van der Waals surface area contributed by atoms with Crippen LogP contribution in [0.15, 0.2) is 18.2 Å². The fourth-order valence-electron chi connectivity index (χ4n) is 3.33. The van der Waals surface area contributed by atoms with E-state index in [1.54, 1.807) is 5.32 Å². The minimum absolute atomic E-state index is 0.108. The Morgan fingerprint density at radius 1 is 1.06 bits per heavy atom. The maximum Gasteiger partial charge on any atom is 0.471 e. The number of alkyl halides is 3. The zero-order valence-corrected chi connectivity index (χ0v) is 18.0. The Balaban J connectivity index is 2.01. The molecule has 4 atom stereocenters. The van der Waals surface area contributed by atoms with Gasteiger partial charge in [-0.1, -0.05) is 11.3 Å². The van der Waals surface area contributed by atoms with E-state index in [1.165, 1.54) is 18.2 Å². The summed E-state index contributed by atoms with van der Waals surface area (Å²) in [6, 6.07) is 3.95. The zero-order valence-electron chi connectivity index (χ0n) is 18.0. The lowest BCUT2D eigenvalue weighted by Crippen LogP contribution is -2.40. The van der Waals surface area contributed by atoms with Crippen molar-refractivity contribution in [1.82, 2.24) is 15.0 Å². The fraction of sp³-hybridized carbons (Fsp3) is 0.474. The van der Waals surface area contributed by atoms with Crippen molar-refractivity contribution in [3.8, 4) is 0 Å². The molecule has 34 heavy (non-hydrogen) atoms. The standard InChI is InChI=1S/C19H19F3N4O8/c1-8(27)31-7-13-15(32-9(2)28)16(33-10(3)29)17(34-13)26-12-6-4-5-11(14(12)24-25-26)23-18(30)19(20,21)22/h4-6,13,15-17H,7H2,1-3H3,(H,23,30)/t13-,15-,16-,17-/m0/s1. The van der Waals surface area contributed by atoms with Crippen LogP contribution >= 0.6 is 0 Å². The number of esters is 3. The third kappa shape index (κ3) is 5.41. The van der Waals surface area contributed by atoms with Crippen LogP contribution < -0.4 is 5.32 Å². The Hall–Kier alpha value is -3.75. The lowest BCUT2D eigenvalue weighted by molar-refractivity contribution is -0.167. The molecule has 184 valence electrons. The summed E-state index contributed by atoms with van der Waals surface area (Å²) in [6.07, 6.45) is -9.96. The largest absolute Gasteiger partial charge is 0.471 e. The molecule has 2 aromatic rings. The first-order chi connectivity index (χ1) is 15.9. The number of anilines is 1. The molecule has 0 unspecified atom stereocenters. The molecule has 1 aromatic carbocycles. The van der Waals surface area contributed by atoms with Crippen molar-refractivity contribution in [1.29, 1.82) is 0 Å². The molecule has 12 nitrogen and oxygen atoms in total. The Morgan fingerprint density at radius 2 is 1.71 bits per heavy atom. The summed E-state index contributed by atoms with van der Waals surface area (Å²) in [7, 11) is 0. The van der Waals surface area contributed by atoms with E-state index in [-0.39, 0.29) is 23.3 Å². The summed E-state index contributed by atoms with van der Waals surface area (Å²) in [5.41, 5.74) is -0.282. The van der Waals surface area contributed by atoms with Crippen LogP contribution in [0.4, 0.5) is 18.9 Å². The normalized spacial score (nSPS) is 22.3. The average molecular weight is 488 g/mol. The van der Waals surface area contributed by atoms with Crippen molar-refractivity contribution < 1.29 is 51.3 Å². The minimum atomic E-state index is -5.13. The number of ether oxygens (including phenoxy) is 4. The highest BCUT2D eigenvalue weighted by atomic mass is 19.4. The number of amides is 1. The van der Waals surface area contributed by atoms with Crippen molar-refractivity contribution >= 4 is 40.5 Å². The van der Waals surface area contributed by atoms with Crippen LogP contribution in [0.3, 0.4) is 0 Å². The van der Waals surface area contributed by atoms with Crippen LogP contribution in [0, 0.1) is 0 Å². The van der Waals surface area contributed by atoms with Gasteiger partial charge in [-0.3, -0.25) is 19.2 Å². The fourth-order valence-corrected chi connectivity index (χ4v) is 3.33. The number of benzene rings is 1. The zero-order chi connectivity index (χ0) is 25.2. The highest BCUT2D eigenvalue weighted by molar-refractivity contribution is 6.01. The van der Waals surface area contributed by atoms with E-state index in [4.69, 9.17) is 18.9 Å². The highest BCUT2D eigenvalue weighted by Gasteiger charge is 2.51. The first-order valence-corrected chi connectivity index (χ1v) is 9.73. The third-order valence-corrected chi connectivity index (χ3v) is 4.59. The van der Waals surface area contributed by atoms with E-state index in [0.29, 0.717) is 0 Å². The summed E-state index contributed by atoms with van der Waals surface area (Å²) >= 11 is 0. The molecule has 1 aromatic heterocycles. The molecule has 3 rings (SSSR count). The average Bonchev–Trinajstić information content (AvgIpc) is 3.27. The van der Waals surface area contributed by atoms with Crippen LogP contribution in [0.5, 0.6) is 0 Å². The molecule has 0 aliphatic carbocycles. The van der Waals surface area contributed by atoms with Crippen LogP contribution in [-0.4, -0.2) is 69.9 Å². The molecule has 0 spiro atoms. The van der Waals surface area contributed by atoms with Gasteiger partial charge in [0.15, 0.2) is 18.4 Å². The van der Waals surface area contributed by atoms with Crippen LogP contribution in [0.1, 0.15) is 27.0 Å². The summed E-state index contributed by atoms with van der Waals surface area (Å²) < 4.78 is 60.4. The molecule has 1 amide bonds. The van der Waals surface area contributed by atoms with E-state index in [1.807, 2.05) is 0 Å². The number of fused-ring (bicyclic) bond motifs is 1. The second-order valence-electron chi connectivity index (χ2n) is 7.17. The molecule has 1 aliphatic heterocycles. The van der Waals surface area contributed by atoms with Gasteiger partial charge in [0.1, 0.15) is 18.2 Å². The Labute approximate surface area is 189 Å². The Bertz CT molecular complexity index is 1120. The third-order valence-electron chi connectivity index (χ3n) is 4.59. The number of hydrogen-bond donors (Lipinski definition) is 1. The Kier molecular flexibility index (Phi) is 7.04. The van der Waals surface area contributed by atoms with Gasteiger partial charge in [-0.2, -0.15) is 13.2 Å². The number of rotatable bonds is 6. The molecular formula is C19H19F3N4O8. The summed E-state index contributed by atoms with van der Waals surface area (Å²) in [4.78, 5) is 46.0. The van der Waals surface area contributed by atoms with Gasteiger partial charge in [-0.15, -0.1) is 5.10 Å². The number of nitrogens with zero attached hydrogens (tertiary/aromatic N) is 3. The van der Waals surface area contributed by atoms with Crippen molar-refractivity contribution in [2.24, 2.45) is 0 Å². The molecule has 0 saturated carbocycles. The van der Waals surface area contributed by atoms with Gasteiger partial charge < -0.3 is 24.3 Å². The number of nitrogens with one attached hydrogen (secondary N) is 1. The van der Waals surface area contributed by atoms with Gasteiger partial charge in [0.2, 0.25) is 0 Å². The maximum absolute atomic E-state index is 12.7. The number of halogens is 3. The van der Waals surface area contributed by atoms with Crippen molar-refractivity contribution in [2.45, 2.75) is 51.5 Å². The second-order valence-corrected chi connectivity index (χ2v) is 7.17. The lowest BCUT2D eigenvalue weighted by atomic mass is 10.1. The number of hydrogen-bond acceptors (Lipinski definition) is 10. The van der Waals surface area contributed by atoms with Crippen molar-refractivity contribution in [2.75, 3.05) is 11.9 Å². The van der Waals surface area contributed by atoms with E-state index in [0.717, 1.165) is 25.5 Å². The molecule has 0 bridgehead atoms. The quantitative estimate of drug-likeness (QED) is 0.465. The molecule has 1 aliphatic rings. The SMILES string of the molecule is CC(=O)OC[C@@H]1O[C@H](n2nnc3c(NC(=O)C(F)(F)F)cccc32)[C@@H](OC(C)=O)[C@H]1OC(C)=O. The number of aromatic nitrogens is 3. The monoisotopic (exact) mass is 488 g/mol. The first kappa shape index (κ1) is 24.9. The summed E-state index contributed by atoms with van der Waals surface area (Å²) in [5, 5.41) is 9.41. The molecule has 2 heterocycles. The highest BCUT2D eigenvalue weighted by Crippen LogP contribution is 2.36. The van der Waals surface area contributed by atoms with Crippen LogP contribution in [0.2, 0.25) is 0 Å². The van der Waals surface area contributed by atoms with E-state index in [2.05, 4.69) is 10.3 Å². The van der Waals surface area contributed by atoms with Gasteiger partial charge >= 0.3 is 30.0 Å². The Morgan fingerprint density at radius 3 is 2.29 bits per heavy atom. The van der Waals surface area contributed by atoms with Crippen LogP contribution in [-0.2, 0) is 38.1 Å². The number of carbonyl (C=O) groups excluding carboxylic acids is 4. The van der Waals surface area contributed by atoms with Gasteiger partial charge in [0, 0.05) is 20.8 Å². The first-order valence-electron chi connectivity index (χ1n) is 9.73. The topological polar surface area (TPSA) is 148 Å². The van der Waals surface area contributed by atoms with Crippen molar-refractivity contribution in [3.05, 3.63) is 18.2 Å². The lowest BCUT2D eigenvalue weighted by Gasteiger charge is -2.23. The molecule has 1 fully saturated rings. The van der Waals surface area contributed by atoms with Crippen LogP contribution in [0.25, 0.3) is 11.0 Å². The summed E-state index contributed by atoms with van der Waals surface area (Å²) in [5.74, 6) is -4.35. The van der Waals surface area contributed by atoms with Crippen molar-refractivity contribution in [3.63, 3.8) is 0 Å². The van der Waals surface area contributed by atoms with Gasteiger partial charge in [-0.05, 0) is 12.1 Å². The predicted octanol–water partition coefficient (Wildman–Crippen LogP) is 1.26. The van der Waals surface area contributed by atoms with Gasteiger partial charge in [0.05, 0.1) is 11.2 Å². The molecule has 1 saturated heterocycles. The second kappa shape index (κ2) is 9.62.